The second-order valence-electron chi connectivity index (χ2n) is 5.41. The van der Waals surface area contributed by atoms with Crippen molar-refractivity contribution in [3.63, 3.8) is 0 Å². The zero-order chi connectivity index (χ0) is 17.9. The molecule has 23 heavy (non-hydrogen) atoms. The number of aliphatic hydroxyl groups is 9. The van der Waals surface area contributed by atoms with Crippen molar-refractivity contribution in [3.8, 4) is 0 Å². The van der Waals surface area contributed by atoms with E-state index in [1.165, 1.54) is 0 Å². The van der Waals surface area contributed by atoms with E-state index in [4.69, 9.17) is 14.9 Å². The van der Waals surface area contributed by atoms with E-state index in [0.717, 1.165) is 0 Å². The SMILES string of the molecule is O=CC(O)C(O)C(O)(C(O)CO)[C@@H]1O[C@H](CO)[C@@H](O)[C@H](O)[C@H]1O. The fourth-order valence-electron chi connectivity index (χ4n) is 2.53. The molecule has 1 saturated heterocycles. The first-order chi connectivity index (χ1) is 10.7. The van der Waals surface area contributed by atoms with Crippen LogP contribution in [0.15, 0.2) is 0 Å². The molecule has 1 aliphatic heterocycles. The predicted molar refractivity (Wildman–Crippen MR) is 69.9 cm³/mol. The Balaban J connectivity index is 3.27. The molecule has 0 saturated carbocycles. The van der Waals surface area contributed by atoms with Gasteiger partial charge in [-0.2, -0.15) is 0 Å². The second kappa shape index (κ2) is 7.90. The minimum atomic E-state index is -3.00. The molecule has 1 fully saturated rings. The summed E-state index contributed by atoms with van der Waals surface area (Å²) in [5.74, 6) is 0. The van der Waals surface area contributed by atoms with Gasteiger partial charge in [-0.15, -0.1) is 0 Å². The van der Waals surface area contributed by atoms with Crippen LogP contribution in [0, 0.1) is 0 Å². The first kappa shape index (κ1) is 20.3. The predicted octanol–water partition coefficient (Wildman–Crippen LogP) is -6.17. The van der Waals surface area contributed by atoms with Crippen molar-refractivity contribution in [2.24, 2.45) is 0 Å². The molecule has 0 bridgehead atoms. The van der Waals surface area contributed by atoms with E-state index in [2.05, 4.69) is 0 Å². The number of aliphatic hydroxyl groups excluding tert-OH is 8. The van der Waals surface area contributed by atoms with Crippen LogP contribution in [-0.2, 0) is 9.53 Å². The molecule has 1 rings (SSSR count). The lowest BCUT2D eigenvalue weighted by Gasteiger charge is -2.49. The highest BCUT2D eigenvalue weighted by Gasteiger charge is 2.59. The van der Waals surface area contributed by atoms with E-state index in [1.54, 1.807) is 0 Å². The van der Waals surface area contributed by atoms with Gasteiger partial charge in [0.25, 0.3) is 0 Å². The molecule has 0 aromatic rings. The quantitative estimate of drug-likeness (QED) is 0.199. The molecule has 136 valence electrons. The van der Waals surface area contributed by atoms with Gasteiger partial charge in [-0.3, -0.25) is 0 Å². The molecular weight excluding hydrogens is 320 g/mol. The monoisotopic (exact) mass is 342 g/mol. The normalized spacial score (nSPS) is 38.4. The van der Waals surface area contributed by atoms with Crippen LogP contribution in [0.3, 0.4) is 0 Å². The lowest BCUT2D eigenvalue weighted by Crippen LogP contribution is -2.73. The van der Waals surface area contributed by atoms with E-state index in [0.29, 0.717) is 0 Å². The standard InChI is InChI=1S/C12H22O11/c13-1-4(16)10(21)12(22,6(17)3-15)11-9(20)8(19)7(18)5(2-14)23-11/h1,4-11,14-22H,2-3H2/t4?,5-,6?,7-,8+,9-,10?,11-,12?/m1/s1. The van der Waals surface area contributed by atoms with Gasteiger partial charge >= 0.3 is 0 Å². The Morgan fingerprint density at radius 1 is 1.04 bits per heavy atom. The second-order valence-corrected chi connectivity index (χ2v) is 5.41. The summed E-state index contributed by atoms with van der Waals surface area (Å²) in [6.07, 6.45) is -16.3. The molecule has 0 spiro atoms. The van der Waals surface area contributed by atoms with Crippen molar-refractivity contribution >= 4 is 6.29 Å². The van der Waals surface area contributed by atoms with Crippen LogP contribution in [0.1, 0.15) is 0 Å². The molecule has 9 atom stereocenters. The van der Waals surface area contributed by atoms with Gasteiger partial charge < -0.3 is 55.5 Å². The van der Waals surface area contributed by atoms with Crippen molar-refractivity contribution in [1.82, 2.24) is 0 Å². The fraction of sp³-hybridized carbons (Fsp3) is 0.917. The van der Waals surface area contributed by atoms with Crippen molar-refractivity contribution in [2.45, 2.75) is 54.4 Å². The Hall–Kier alpha value is -0.730. The fourth-order valence-corrected chi connectivity index (χ4v) is 2.53. The van der Waals surface area contributed by atoms with E-state index >= 15 is 0 Å². The number of hydrogen-bond acceptors (Lipinski definition) is 11. The topological polar surface area (TPSA) is 208 Å². The molecule has 11 nitrogen and oxygen atoms in total. The Morgan fingerprint density at radius 2 is 1.61 bits per heavy atom. The van der Waals surface area contributed by atoms with Gasteiger partial charge in [0, 0.05) is 0 Å². The van der Waals surface area contributed by atoms with Crippen LogP contribution >= 0.6 is 0 Å². The zero-order valence-corrected chi connectivity index (χ0v) is 12.0. The van der Waals surface area contributed by atoms with Gasteiger partial charge in [-0.1, -0.05) is 0 Å². The Morgan fingerprint density at radius 3 is 2.04 bits per heavy atom. The van der Waals surface area contributed by atoms with E-state index < -0.39 is 67.6 Å². The van der Waals surface area contributed by atoms with Crippen LogP contribution in [0.4, 0.5) is 0 Å². The molecule has 0 aromatic carbocycles. The molecule has 0 amide bonds. The number of ether oxygens (including phenoxy) is 1. The molecule has 1 aliphatic rings. The number of hydrogen-bond donors (Lipinski definition) is 9. The highest BCUT2D eigenvalue weighted by Crippen LogP contribution is 2.33. The summed E-state index contributed by atoms with van der Waals surface area (Å²) in [5.41, 5.74) is -3.00. The Labute approximate surface area is 130 Å². The van der Waals surface area contributed by atoms with Gasteiger partial charge in [0.15, 0.2) is 6.29 Å². The molecule has 11 heteroatoms. The molecule has 0 aromatic heterocycles. The number of rotatable bonds is 7. The largest absolute Gasteiger partial charge is 0.394 e. The van der Waals surface area contributed by atoms with Gasteiger partial charge in [0.1, 0.15) is 54.4 Å². The summed E-state index contributed by atoms with van der Waals surface area (Å²) in [4.78, 5) is 10.6. The Kier molecular flexibility index (Phi) is 6.97. The smallest absolute Gasteiger partial charge is 0.151 e. The van der Waals surface area contributed by atoms with Gasteiger partial charge in [0.05, 0.1) is 13.2 Å². The van der Waals surface area contributed by atoms with Crippen LogP contribution < -0.4 is 0 Å². The summed E-state index contributed by atoms with van der Waals surface area (Å²) >= 11 is 0. The summed E-state index contributed by atoms with van der Waals surface area (Å²) in [5, 5.41) is 87.1. The molecular formula is C12H22O11. The molecule has 0 radical (unpaired) electrons. The highest BCUT2D eigenvalue weighted by molar-refractivity contribution is 5.57. The average Bonchev–Trinajstić information content (AvgIpc) is 2.56. The van der Waals surface area contributed by atoms with Crippen LogP contribution in [-0.4, -0.2) is 120 Å². The van der Waals surface area contributed by atoms with Crippen molar-refractivity contribution in [2.75, 3.05) is 13.2 Å². The van der Waals surface area contributed by atoms with Crippen molar-refractivity contribution < 1.29 is 55.5 Å². The maximum Gasteiger partial charge on any atom is 0.151 e. The highest BCUT2D eigenvalue weighted by atomic mass is 16.6. The van der Waals surface area contributed by atoms with Crippen molar-refractivity contribution in [1.29, 1.82) is 0 Å². The summed E-state index contributed by atoms with van der Waals surface area (Å²) < 4.78 is 5.02. The minimum Gasteiger partial charge on any atom is -0.394 e. The minimum absolute atomic E-state index is 0.163. The van der Waals surface area contributed by atoms with Gasteiger partial charge in [-0.25, -0.2) is 0 Å². The maximum atomic E-state index is 10.6. The molecule has 4 unspecified atom stereocenters. The summed E-state index contributed by atoms with van der Waals surface area (Å²) in [6.45, 7) is -2.01. The van der Waals surface area contributed by atoms with Gasteiger partial charge in [0.2, 0.25) is 0 Å². The summed E-state index contributed by atoms with van der Waals surface area (Å²) in [7, 11) is 0. The van der Waals surface area contributed by atoms with Crippen LogP contribution in [0.5, 0.6) is 0 Å². The third-order valence-electron chi connectivity index (χ3n) is 3.99. The van der Waals surface area contributed by atoms with E-state index in [-0.39, 0.29) is 6.29 Å². The maximum absolute atomic E-state index is 10.6. The number of carbonyl (C=O) groups is 1. The van der Waals surface area contributed by atoms with Crippen molar-refractivity contribution in [3.05, 3.63) is 0 Å². The summed E-state index contributed by atoms with van der Waals surface area (Å²) in [6, 6.07) is 0. The first-order valence-electron chi connectivity index (χ1n) is 6.79. The third-order valence-corrected chi connectivity index (χ3v) is 3.99. The lowest BCUT2D eigenvalue weighted by molar-refractivity contribution is -0.309. The molecule has 1 heterocycles. The van der Waals surface area contributed by atoms with Crippen LogP contribution in [0.2, 0.25) is 0 Å². The average molecular weight is 342 g/mol. The first-order valence-corrected chi connectivity index (χ1v) is 6.79. The zero-order valence-electron chi connectivity index (χ0n) is 12.0. The molecule has 9 N–H and O–H groups in total. The Bertz CT molecular complexity index is 391. The molecule has 0 aliphatic carbocycles. The van der Waals surface area contributed by atoms with E-state index in [1.807, 2.05) is 0 Å². The number of carbonyl (C=O) groups excluding carboxylic acids is 1. The number of aldehydes is 1. The third kappa shape index (κ3) is 3.53. The lowest BCUT2D eigenvalue weighted by atomic mass is 9.76. The van der Waals surface area contributed by atoms with Gasteiger partial charge in [-0.05, 0) is 0 Å². The van der Waals surface area contributed by atoms with Crippen LogP contribution in [0.25, 0.3) is 0 Å². The van der Waals surface area contributed by atoms with E-state index in [9.17, 15) is 40.5 Å².